The summed E-state index contributed by atoms with van der Waals surface area (Å²) in [7, 11) is 0. The van der Waals surface area contributed by atoms with Crippen LogP contribution in [0.25, 0.3) is 0 Å². The maximum Gasteiger partial charge on any atom is 0.330 e. The van der Waals surface area contributed by atoms with Crippen molar-refractivity contribution in [2.75, 3.05) is 30.3 Å². The van der Waals surface area contributed by atoms with Crippen molar-refractivity contribution >= 4 is 17.4 Å². The number of H-pyrrole nitrogens is 1. The molecule has 170 valence electrons. The van der Waals surface area contributed by atoms with E-state index in [4.69, 9.17) is 5.73 Å². The van der Waals surface area contributed by atoms with Gasteiger partial charge in [-0.2, -0.15) is 0 Å². The van der Waals surface area contributed by atoms with Crippen LogP contribution in [0.15, 0.2) is 39.9 Å². The lowest BCUT2D eigenvalue weighted by Crippen LogP contribution is -2.45. The minimum Gasteiger partial charge on any atom is -0.383 e. The Bertz CT molecular complexity index is 965. The van der Waals surface area contributed by atoms with Gasteiger partial charge in [0.15, 0.2) is 0 Å². The summed E-state index contributed by atoms with van der Waals surface area (Å²) >= 11 is 0. The summed E-state index contributed by atoms with van der Waals surface area (Å²) in [5.41, 5.74) is 6.44. The van der Waals surface area contributed by atoms with Crippen molar-refractivity contribution in [1.29, 1.82) is 0 Å². The van der Waals surface area contributed by atoms with E-state index >= 15 is 0 Å². The minimum absolute atomic E-state index is 0.0120. The van der Waals surface area contributed by atoms with E-state index < -0.39 is 11.2 Å². The highest BCUT2D eigenvalue weighted by molar-refractivity contribution is 5.82. The number of hydrogen-bond acceptors (Lipinski definition) is 5. The van der Waals surface area contributed by atoms with Gasteiger partial charge in [0.2, 0.25) is 5.91 Å². The van der Waals surface area contributed by atoms with Crippen LogP contribution >= 0.6 is 0 Å². The van der Waals surface area contributed by atoms with Gasteiger partial charge in [0.25, 0.3) is 5.56 Å². The van der Waals surface area contributed by atoms with E-state index in [0.717, 1.165) is 18.4 Å². The molecule has 1 amide bonds. The lowest BCUT2D eigenvalue weighted by molar-refractivity contribution is -0.130. The van der Waals surface area contributed by atoms with E-state index in [9.17, 15) is 14.4 Å². The molecule has 3 N–H and O–H groups in total. The highest BCUT2D eigenvalue weighted by atomic mass is 16.2. The van der Waals surface area contributed by atoms with E-state index in [0.29, 0.717) is 26.2 Å². The SMILES string of the molecule is CCCCn1c(N)c(N(CC(=O)N(CC)Cc2ccccc2)CC(C)C)c(=O)[nH]c1=O. The van der Waals surface area contributed by atoms with Crippen LogP contribution in [0.3, 0.4) is 0 Å². The van der Waals surface area contributed by atoms with Gasteiger partial charge in [-0.1, -0.05) is 57.5 Å². The molecule has 1 heterocycles. The Morgan fingerprint density at radius 3 is 2.42 bits per heavy atom. The summed E-state index contributed by atoms with van der Waals surface area (Å²) in [6.07, 6.45) is 1.65. The number of nitrogens with one attached hydrogen (secondary N) is 1. The third-order valence-electron chi connectivity index (χ3n) is 5.13. The fourth-order valence-corrected chi connectivity index (χ4v) is 3.54. The number of unbranched alkanes of at least 4 members (excludes halogenated alkanes) is 1. The molecule has 0 aliphatic heterocycles. The summed E-state index contributed by atoms with van der Waals surface area (Å²) in [6, 6.07) is 9.79. The second-order valence-electron chi connectivity index (χ2n) is 8.17. The third kappa shape index (κ3) is 6.47. The summed E-state index contributed by atoms with van der Waals surface area (Å²) in [5.74, 6) is 0.200. The normalized spacial score (nSPS) is 11.0. The van der Waals surface area contributed by atoms with Crippen LogP contribution in [0, 0.1) is 5.92 Å². The molecule has 0 saturated carbocycles. The number of rotatable bonds is 11. The number of carbonyl (C=O) groups excluding carboxylic acids is 1. The summed E-state index contributed by atoms with van der Waals surface area (Å²) in [6.45, 7) is 9.91. The fourth-order valence-electron chi connectivity index (χ4n) is 3.54. The first-order chi connectivity index (χ1) is 14.8. The molecule has 0 fully saturated rings. The molecule has 2 aromatic rings. The van der Waals surface area contributed by atoms with Crippen molar-refractivity contribution in [3.63, 3.8) is 0 Å². The molecule has 0 saturated heterocycles. The zero-order valence-electron chi connectivity index (χ0n) is 19.1. The second kappa shape index (κ2) is 11.4. The fraction of sp³-hybridized carbons (Fsp3) is 0.522. The summed E-state index contributed by atoms with van der Waals surface area (Å²) in [5, 5.41) is 0. The maximum atomic E-state index is 13.2. The first kappa shape index (κ1) is 24.2. The van der Waals surface area contributed by atoms with Gasteiger partial charge >= 0.3 is 5.69 Å². The molecule has 0 spiro atoms. The van der Waals surface area contributed by atoms with Crippen molar-refractivity contribution in [2.24, 2.45) is 5.92 Å². The number of amides is 1. The van der Waals surface area contributed by atoms with Gasteiger partial charge in [-0.15, -0.1) is 0 Å². The molecular formula is C23H35N5O3. The van der Waals surface area contributed by atoms with Crippen LogP contribution in [0.2, 0.25) is 0 Å². The molecule has 0 bridgehead atoms. The van der Waals surface area contributed by atoms with Crippen molar-refractivity contribution in [3.05, 3.63) is 56.7 Å². The van der Waals surface area contributed by atoms with Gasteiger partial charge in [0.05, 0.1) is 6.54 Å². The average molecular weight is 430 g/mol. The molecule has 2 rings (SSSR count). The van der Waals surface area contributed by atoms with Crippen LogP contribution in [-0.2, 0) is 17.9 Å². The number of carbonyl (C=O) groups is 1. The average Bonchev–Trinajstić information content (AvgIpc) is 2.71. The molecule has 0 aliphatic rings. The Morgan fingerprint density at radius 1 is 1.16 bits per heavy atom. The van der Waals surface area contributed by atoms with Crippen molar-refractivity contribution in [1.82, 2.24) is 14.5 Å². The first-order valence-corrected chi connectivity index (χ1v) is 11.0. The van der Waals surface area contributed by atoms with Gasteiger partial charge in [-0.3, -0.25) is 19.1 Å². The van der Waals surface area contributed by atoms with E-state index in [1.54, 1.807) is 9.80 Å². The number of hydrogen-bond donors (Lipinski definition) is 2. The second-order valence-corrected chi connectivity index (χ2v) is 8.17. The maximum absolute atomic E-state index is 13.2. The van der Waals surface area contributed by atoms with Gasteiger partial charge < -0.3 is 15.5 Å². The van der Waals surface area contributed by atoms with Crippen LogP contribution in [0.5, 0.6) is 0 Å². The number of benzene rings is 1. The molecular weight excluding hydrogens is 394 g/mol. The Morgan fingerprint density at radius 2 is 1.84 bits per heavy atom. The number of anilines is 2. The number of nitrogens with two attached hydrogens (primary N) is 1. The largest absolute Gasteiger partial charge is 0.383 e. The van der Waals surface area contributed by atoms with Crippen molar-refractivity contribution < 1.29 is 4.79 Å². The molecule has 0 unspecified atom stereocenters. The van der Waals surface area contributed by atoms with Crippen LogP contribution < -0.4 is 21.9 Å². The van der Waals surface area contributed by atoms with E-state index in [2.05, 4.69) is 4.98 Å². The molecule has 0 atom stereocenters. The lowest BCUT2D eigenvalue weighted by atomic mass is 10.2. The Hall–Kier alpha value is -3.03. The Labute approximate surface area is 183 Å². The third-order valence-corrected chi connectivity index (χ3v) is 5.13. The molecule has 0 aliphatic carbocycles. The molecule has 1 aromatic carbocycles. The molecule has 0 radical (unpaired) electrons. The summed E-state index contributed by atoms with van der Waals surface area (Å²) in [4.78, 5) is 44.0. The van der Waals surface area contributed by atoms with Crippen molar-refractivity contribution in [2.45, 2.75) is 53.6 Å². The Kier molecular flexibility index (Phi) is 8.90. The predicted octanol–water partition coefficient (Wildman–Crippen LogP) is 2.43. The van der Waals surface area contributed by atoms with Crippen LogP contribution in [0.4, 0.5) is 11.5 Å². The van der Waals surface area contributed by atoms with Gasteiger partial charge in [-0.05, 0) is 24.8 Å². The Balaban J connectivity index is 2.36. The van der Waals surface area contributed by atoms with Gasteiger partial charge in [-0.25, -0.2) is 4.79 Å². The zero-order chi connectivity index (χ0) is 23.0. The molecule has 1 aromatic heterocycles. The summed E-state index contributed by atoms with van der Waals surface area (Å²) < 4.78 is 1.39. The number of nitrogen functional groups attached to an aromatic ring is 1. The quantitative estimate of drug-likeness (QED) is 0.571. The topological polar surface area (TPSA) is 104 Å². The van der Waals surface area contributed by atoms with E-state index in [1.165, 1.54) is 4.57 Å². The number of aromatic nitrogens is 2. The van der Waals surface area contributed by atoms with Gasteiger partial charge in [0.1, 0.15) is 11.5 Å². The molecule has 31 heavy (non-hydrogen) atoms. The predicted molar refractivity (Wildman–Crippen MR) is 125 cm³/mol. The monoisotopic (exact) mass is 429 g/mol. The zero-order valence-corrected chi connectivity index (χ0v) is 19.1. The van der Waals surface area contributed by atoms with E-state index in [-0.39, 0.29) is 29.9 Å². The van der Waals surface area contributed by atoms with Crippen LogP contribution in [-0.4, -0.2) is 40.0 Å². The lowest BCUT2D eigenvalue weighted by Gasteiger charge is -2.30. The molecule has 8 heteroatoms. The van der Waals surface area contributed by atoms with Gasteiger partial charge in [0, 0.05) is 26.2 Å². The molecule has 8 nitrogen and oxygen atoms in total. The minimum atomic E-state index is -0.560. The number of likely N-dealkylation sites (N-methyl/N-ethyl adjacent to an activating group) is 1. The standard InChI is InChI=1S/C23H35N5O3/c1-5-7-13-28-21(24)20(22(30)25-23(28)31)27(14-17(3)4)16-19(29)26(6-2)15-18-11-9-8-10-12-18/h8-12,17H,5-7,13-16,24H2,1-4H3,(H,25,30,31). The number of nitrogens with zero attached hydrogens (tertiary/aromatic N) is 3. The highest BCUT2D eigenvalue weighted by Gasteiger charge is 2.24. The number of aromatic amines is 1. The van der Waals surface area contributed by atoms with E-state index in [1.807, 2.05) is 58.0 Å². The first-order valence-electron chi connectivity index (χ1n) is 11.0. The van der Waals surface area contributed by atoms with Crippen LogP contribution in [0.1, 0.15) is 46.1 Å². The smallest absolute Gasteiger partial charge is 0.330 e. The highest BCUT2D eigenvalue weighted by Crippen LogP contribution is 2.19. The van der Waals surface area contributed by atoms with Crippen molar-refractivity contribution in [3.8, 4) is 0 Å².